The van der Waals surface area contributed by atoms with Crippen LogP contribution in [-0.4, -0.2) is 24.8 Å². The molecule has 2 heterocycles. The number of ether oxygens (including phenoxy) is 2. The molecule has 6 nitrogen and oxygen atoms in total. The summed E-state index contributed by atoms with van der Waals surface area (Å²) in [5.74, 6) is 1.93. The number of amides is 1. The van der Waals surface area contributed by atoms with E-state index in [2.05, 4.69) is 10.5 Å². The number of hydrogen-bond acceptors (Lipinski definition) is 5. The number of hydrazone groups is 1. The van der Waals surface area contributed by atoms with Gasteiger partial charge in [0, 0.05) is 10.6 Å². The number of benzene rings is 3. The van der Waals surface area contributed by atoms with E-state index in [1.54, 1.807) is 18.2 Å². The second-order valence-corrected chi connectivity index (χ2v) is 7.44. The van der Waals surface area contributed by atoms with Gasteiger partial charge < -0.3 is 13.9 Å². The Morgan fingerprint density at radius 3 is 2.52 bits per heavy atom. The summed E-state index contributed by atoms with van der Waals surface area (Å²) >= 11 is 5.91. The monoisotopic (exact) mass is 432 g/mol. The van der Waals surface area contributed by atoms with E-state index in [1.165, 1.54) is 6.21 Å². The smallest absolute Gasteiger partial charge is 0.284 e. The molecule has 0 saturated heterocycles. The third-order valence-corrected chi connectivity index (χ3v) is 5.14. The van der Waals surface area contributed by atoms with E-state index in [4.69, 9.17) is 25.5 Å². The lowest BCUT2D eigenvalue weighted by Crippen LogP contribution is -2.42. The second-order valence-electron chi connectivity index (χ2n) is 7.01. The van der Waals surface area contributed by atoms with E-state index in [0.717, 1.165) is 16.3 Å². The van der Waals surface area contributed by atoms with Crippen LogP contribution >= 0.6 is 11.6 Å². The van der Waals surface area contributed by atoms with Gasteiger partial charge in [-0.15, -0.1) is 0 Å². The summed E-state index contributed by atoms with van der Waals surface area (Å²) in [7, 11) is 0. The third kappa shape index (κ3) is 4.11. The van der Waals surface area contributed by atoms with Crippen LogP contribution in [0.4, 0.5) is 0 Å². The van der Waals surface area contributed by atoms with Gasteiger partial charge in [0.15, 0.2) is 11.5 Å². The zero-order chi connectivity index (χ0) is 21.2. The average Bonchev–Trinajstić information content (AvgIpc) is 3.26. The predicted octanol–water partition coefficient (Wildman–Crippen LogP) is 5.04. The van der Waals surface area contributed by atoms with E-state index >= 15 is 0 Å². The van der Waals surface area contributed by atoms with Gasteiger partial charge in [-0.05, 0) is 59.3 Å². The summed E-state index contributed by atoms with van der Waals surface area (Å²) in [5.41, 5.74) is 3.37. The van der Waals surface area contributed by atoms with E-state index in [9.17, 15) is 4.79 Å². The Labute approximate surface area is 183 Å². The molecule has 1 aliphatic heterocycles. The number of halogens is 1. The van der Waals surface area contributed by atoms with Crippen molar-refractivity contribution in [1.82, 2.24) is 5.43 Å². The number of nitrogens with zero attached hydrogens (tertiary/aromatic N) is 1. The molecule has 0 fully saturated rings. The lowest BCUT2D eigenvalue weighted by atomic mass is 10.1. The molecule has 3 aromatic carbocycles. The molecule has 1 atom stereocenters. The summed E-state index contributed by atoms with van der Waals surface area (Å²) in [4.78, 5) is 12.4. The highest BCUT2D eigenvalue weighted by atomic mass is 35.5. The lowest BCUT2D eigenvalue weighted by molar-refractivity contribution is -0.130. The van der Waals surface area contributed by atoms with Crippen molar-refractivity contribution in [2.75, 3.05) is 6.61 Å². The van der Waals surface area contributed by atoms with Crippen LogP contribution in [-0.2, 0) is 4.79 Å². The Kier molecular flexibility index (Phi) is 5.06. The summed E-state index contributed by atoms with van der Waals surface area (Å²) in [6, 6.07) is 22.6. The van der Waals surface area contributed by atoms with E-state index in [-0.39, 0.29) is 6.61 Å². The van der Waals surface area contributed by atoms with Gasteiger partial charge in [0.2, 0.25) is 6.10 Å². The van der Waals surface area contributed by atoms with Crippen molar-refractivity contribution in [1.29, 1.82) is 0 Å². The van der Waals surface area contributed by atoms with Crippen LogP contribution in [0.1, 0.15) is 5.76 Å². The fourth-order valence-corrected chi connectivity index (χ4v) is 3.43. The van der Waals surface area contributed by atoms with Gasteiger partial charge in [-0.1, -0.05) is 35.9 Å². The van der Waals surface area contributed by atoms with Crippen LogP contribution < -0.4 is 14.9 Å². The Hall–Kier alpha value is -3.77. The van der Waals surface area contributed by atoms with Gasteiger partial charge in [-0.25, -0.2) is 5.43 Å². The average molecular weight is 433 g/mol. The van der Waals surface area contributed by atoms with Crippen molar-refractivity contribution in [3.05, 3.63) is 83.6 Å². The Morgan fingerprint density at radius 2 is 1.74 bits per heavy atom. The van der Waals surface area contributed by atoms with Crippen LogP contribution in [0, 0.1) is 0 Å². The highest BCUT2D eigenvalue weighted by molar-refractivity contribution is 6.30. The molecular formula is C24H17ClN2O4. The first kappa shape index (κ1) is 19.2. The van der Waals surface area contributed by atoms with Gasteiger partial charge >= 0.3 is 0 Å². The van der Waals surface area contributed by atoms with E-state index in [1.807, 2.05) is 54.6 Å². The topological polar surface area (TPSA) is 73.1 Å². The SMILES string of the molecule is O=C(NN=Cc1ccc(-c2ccc(Cl)cc2)o1)C1COc2cc3ccccc3cc2O1. The minimum absolute atomic E-state index is 0.105. The number of carbonyl (C=O) groups excluding carboxylic acids is 1. The summed E-state index contributed by atoms with van der Waals surface area (Å²) in [6.45, 7) is 0.105. The molecule has 0 radical (unpaired) electrons. The first-order valence-corrected chi connectivity index (χ1v) is 10.0. The van der Waals surface area contributed by atoms with Crippen LogP contribution in [0.5, 0.6) is 11.5 Å². The number of furan rings is 1. The van der Waals surface area contributed by atoms with Crippen molar-refractivity contribution < 1.29 is 18.7 Å². The summed E-state index contributed by atoms with van der Waals surface area (Å²) in [5, 5.41) is 6.69. The number of carbonyl (C=O) groups is 1. The first-order valence-electron chi connectivity index (χ1n) is 9.67. The molecular weight excluding hydrogens is 416 g/mol. The van der Waals surface area contributed by atoms with E-state index < -0.39 is 12.0 Å². The second kappa shape index (κ2) is 8.16. The highest BCUT2D eigenvalue weighted by Gasteiger charge is 2.27. The van der Waals surface area contributed by atoms with Gasteiger partial charge in [-0.2, -0.15) is 5.10 Å². The van der Waals surface area contributed by atoms with Gasteiger partial charge in [-0.3, -0.25) is 4.79 Å². The molecule has 0 saturated carbocycles. The van der Waals surface area contributed by atoms with Crippen molar-refractivity contribution in [2.45, 2.75) is 6.10 Å². The zero-order valence-electron chi connectivity index (χ0n) is 16.2. The van der Waals surface area contributed by atoms with Gasteiger partial charge in [0.1, 0.15) is 18.1 Å². The maximum atomic E-state index is 12.4. The predicted molar refractivity (Wildman–Crippen MR) is 119 cm³/mol. The number of hydrogen-bond donors (Lipinski definition) is 1. The molecule has 1 amide bonds. The maximum Gasteiger partial charge on any atom is 0.284 e. The van der Waals surface area contributed by atoms with Crippen molar-refractivity contribution in [3.63, 3.8) is 0 Å². The quantitative estimate of drug-likeness (QED) is 0.362. The molecule has 7 heteroatoms. The number of fused-ring (bicyclic) bond motifs is 2. The number of nitrogens with one attached hydrogen (secondary N) is 1. The molecule has 5 rings (SSSR count). The standard InChI is InChI=1S/C24H17ClN2O4/c25-18-7-5-15(6-8-18)20-10-9-19(30-20)13-26-27-24(28)23-14-29-21-11-16-3-1-2-4-17(16)12-22(21)31-23/h1-13,23H,14H2,(H,27,28). The Balaban J connectivity index is 1.22. The van der Waals surface area contributed by atoms with Gasteiger partial charge in [0.05, 0.1) is 6.21 Å². The molecule has 1 N–H and O–H groups in total. The van der Waals surface area contributed by atoms with Crippen molar-refractivity contribution in [2.24, 2.45) is 5.10 Å². The fourth-order valence-electron chi connectivity index (χ4n) is 3.31. The first-order chi connectivity index (χ1) is 15.2. The maximum absolute atomic E-state index is 12.4. The molecule has 31 heavy (non-hydrogen) atoms. The summed E-state index contributed by atoms with van der Waals surface area (Å²) < 4.78 is 17.3. The molecule has 1 aliphatic rings. The molecule has 4 aromatic rings. The molecule has 0 bridgehead atoms. The molecule has 1 aromatic heterocycles. The largest absolute Gasteiger partial charge is 0.485 e. The molecule has 154 valence electrons. The third-order valence-electron chi connectivity index (χ3n) is 4.89. The van der Waals surface area contributed by atoms with Crippen molar-refractivity contribution >= 4 is 34.5 Å². The Bertz CT molecular complexity index is 1280. The van der Waals surface area contributed by atoms with Gasteiger partial charge in [0.25, 0.3) is 5.91 Å². The van der Waals surface area contributed by atoms with Crippen LogP contribution in [0.25, 0.3) is 22.1 Å². The summed E-state index contributed by atoms with van der Waals surface area (Å²) in [6.07, 6.45) is 0.634. The number of rotatable bonds is 4. The Morgan fingerprint density at radius 1 is 1.00 bits per heavy atom. The van der Waals surface area contributed by atoms with Crippen LogP contribution in [0.3, 0.4) is 0 Å². The molecule has 0 aliphatic carbocycles. The lowest BCUT2D eigenvalue weighted by Gasteiger charge is -2.25. The molecule has 0 spiro atoms. The highest BCUT2D eigenvalue weighted by Crippen LogP contribution is 2.35. The van der Waals surface area contributed by atoms with Crippen molar-refractivity contribution in [3.8, 4) is 22.8 Å². The zero-order valence-corrected chi connectivity index (χ0v) is 17.0. The molecule has 1 unspecified atom stereocenters. The fraction of sp³-hybridized carbons (Fsp3) is 0.0833. The minimum atomic E-state index is -0.799. The van der Waals surface area contributed by atoms with Crippen LogP contribution in [0.15, 0.2) is 82.3 Å². The minimum Gasteiger partial charge on any atom is -0.485 e. The normalized spacial score (nSPS) is 15.3. The van der Waals surface area contributed by atoms with E-state index in [0.29, 0.717) is 28.0 Å². The van der Waals surface area contributed by atoms with Crippen LogP contribution in [0.2, 0.25) is 5.02 Å².